The molecular weight excluding hydrogens is 407 g/mol. The molecule has 6 nitrogen and oxygen atoms in total. The molecule has 1 aromatic heterocycles. The second-order valence-corrected chi connectivity index (χ2v) is 8.75. The highest BCUT2D eigenvalue weighted by atomic mass is 19.1. The Morgan fingerprint density at radius 2 is 1.81 bits per heavy atom. The first-order valence-electron chi connectivity index (χ1n) is 11.5. The molecule has 2 aliphatic rings. The van der Waals surface area contributed by atoms with E-state index >= 15 is 0 Å². The summed E-state index contributed by atoms with van der Waals surface area (Å²) in [5, 5.41) is 0. The third kappa shape index (κ3) is 5.84. The zero-order valence-corrected chi connectivity index (χ0v) is 18.5. The van der Waals surface area contributed by atoms with Gasteiger partial charge in [0.15, 0.2) is 0 Å². The standard InChI is InChI=1S/C25H31FN4O2/c26-22-7-3-5-21(17-22)18-25(32)30-12-4-6-20(19-30)9-10-24(31)29-15-13-28(14-16-29)23-8-1-2-11-27-23/h1-3,5,7-8,11,17,20H,4,6,9-10,12-16,18-19H2/t20-/m1/s1. The van der Waals surface area contributed by atoms with Gasteiger partial charge in [-0.2, -0.15) is 0 Å². The topological polar surface area (TPSA) is 56.8 Å². The van der Waals surface area contributed by atoms with Crippen LogP contribution in [0.4, 0.5) is 10.2 Å². The molecule has 2 saturated heterocycles. The van der Waals surface area contributed by atoms with Gasteiger partial charge in [-0.1, -0.05) is 18.2 Å². The summed E-state index contributed by atoms with van der Waals surface area (Å²) in [5.41, 5.74) is 0.706. The van der Waals surface area contributed by atoms with E-state index in [9.17, 15) is 14.0 Å². The maximum atomic E-state index is 13.4. The Morgan fingerprint density at radius 3 is 2.56 bits per heavy atom. The van der Waals surface area contributed by atoms with Crippen LogP contribution in [-0.2, 0) is 16.0 Å². The minimum Gasteiger partial charge on any atom is -0.353 e. The number of hydrogen-bond acceptors (Lipinski definition) is 4. The molecule has 0 saturated carbocycles. The van der Waals surface area contributed by atoms with Crippen LogP contribution in [0.1, 0.15) is 31.2 Å². The number of anilines is 1. The van der Waals surface area contributed by atoms with Gasteiger partial charge >= 0.3 is 0 Å². The quantitative estimate of drug-likeness (QED) is 0.695. The van der Waals surface area contributed by atoms with Gasteiger partial charge in [-0.05, 0) is 55.0 Å². The van der Waals surface area contributed by atoms with Crippen molar-refractivity contribution in [3.05, 3.63) is 60.0 Å². The number of benzene rings is 1. The van der Waals surface area contributed by atoms with E-state index in [0.717, 1.165) is 57.8 Å². The third-order valence-corrected chi connectivity index (χ3v) is 6.49. The fourth-order valence-corrected chi connectivity index (χ4v) is 4.67. The van der Waals surface area contributed by atoms with Gasteiger partial charge in [-0.15, -0.1) is 0 Å². The lowest BCUT2D eigenvalue weighted by atomic mass is 9.92. The SMILES string of the molecule is O=C(CC[C@H]1CCCN(C(=O)Cc2cccc(F)c2)C1)N1CCN(c2ccccn2)CC1. The molecule has 0 aliphatic carbocycles. The number of carbonyl (C=O) groups is 2. The number of carbonyl (C=O) groups excluding carboxylic acids is 2. The summed E-state index contributed by atoms with van der Waals surface area (Å²) in [5.74, 6) is 1.24. The Hall–Kier alpha value is -2.96. The fraction of sp³-hybridized carbons (Fsp3) is 0.480. The van der Waals surface area contributed by atoms with Gasteiger partial charge in [-0.3, -0.25) is 9.59 Å². The lowest BCUT2D eigenvalue weighted by Crippen LogP contribution is -2.49. The summed E-state index contributed by atoms with van der Waals surface area (Å²) < 4.78 is 13.4. The summed E-state index contributed by atoms with van der Waals surface area (Å²) in [6.07, 6.45) is 5.36. The zero-order valence-electron chi connectivity index (χ0n) is 18.5. The number of piperidine rings is 1. The highest BCUT2D eigenvalue weighted by Gasteiger charge is 2.26. The summed E-state index contributed by atoms with van der Waals surface area (Å²) in [4.78, 5) is 35.9. The number of aromatic nitrogens is 1. The van der Waals surface area contributed by atoms with Gasteiger partial charge < -0.3 is 14.7 Å². The Bertz CT molecular complexity index is 915. The summed E-state index contributed by atoms with van der Waals surface area (Å²) in [6.45, 7) is 4.47. The molecule has 1 atom stereocenters. The first-order chi connectivity index (χ1) is 15.6. The monoisotopic (exact) mass is 438 g/mol. The summed E-state index contributed by atoms with van der Waals surface area (Å²) >= 11 is 0. The number of rotatable bonds is 6. The van der Waals surface area contributed by atoms with Gasteiger partial charge in [0, 0.05) is 51.9 Å². The number of likely N-dealkylation sites (tertiary alicyclic amines) is 1. The minimum atomic E-state index is -0.314. The number of pyridine rings is 1. The largest absolute Gasteiger partial charge is 0.353 e. The number of hydrogen-bond donors (Lipinski definition) is 0. The van der Waals surface area contributed by atoms with Gasteiger partial charge in [0.25, 0.3) is 0 Å². The predicted octanol–water partition coefficient (Wildman–Crippen LogP) is 3.13. The average Bonchev–Trinajstić information content (AvgIpc) is 2.83. The highest BCUT2D eigenvalue weighted by molar-refractivity contribution is 5.79. The molecule has 1 aromatic carbocycles. The average molecular weight is 439 g/mol. The predicted molar refractivity (Wildman–Crippen MR) is 122 cm³/mol. The molecule has 4 rings (SSSR count). The molecule has 2 aromatic rings. The normalized spacial score (nSPS) is 19.2. The molecule has 2 fully saturated rings. The first-order valence-corrected chi connectivity index (χ1v) is 11.5. The molecule has 0 radical (unpaired) electrons. The smallest absolute Gasteiger partial charge is 0.227 e. The van der Waals surface area contributed by atoms with Crippen LogP contribution in [0.5, 0.6) is 0 Å². The van der Waals surface area contributed by atoms with Crippen LogP contribution in [0.3, 0.4) is 0 Å². The van der Waals surface area contributed by atoms with E-state index in [1.165, 1.54) is 12.1 Å². The second kappa shape index (κ2) is 10.6. The Kier molecular flexibility index (Phi) is 7.35. The lowest BCUT2D eigenvalue weighted by Gasteiger charge is -2.36. The van der Waals surface area contributed by atoms with Crippen molar-refractivity contribution in [1.29, 1.82) is 0 Å². The molecule has 2 amide bonds. The lowest BCUT2D eigenvalue weighted by molar-refractivity contribution is -0.132. The molecule has 3 heterocycles. The van der Waals surface area contributed by atoms with E-state index in [1.807, 2.05) is 28.0 Å². The van der Waals surface area contributed by atoms with Crippen molar-refractivity contribution in [1.82, 2.24) is 14.8 Å². The highest BCUT2D eigenvalue weighted by Crippen LogP contribution is 2.23. The van der Waals surface area contributed by atoms with Crippen molar-refractivity contribution in [3.63, 3.8) is 0 Å². The third-order valence-electron chi connectivity index (χ3n) is 6.49. The fourth-order valence-electron chi connectivity index (χ4n) is 4.67. The molecule has 0 bridgehead atoms. The van der Waals surface area contributed by atoms with Crippen molar-refractivity contribution < 1.29 is 14.0 Å². The van der Waals surface area contributed by atoms with Gasteiger partial charge in [0.05, 0.1) is 6.42 Å². The van der Waals surface area contributed by atoms with Crippen LogP contribution in [0, 0.1) is 11.7 Å². The van der Waals surface area contributed by atoms with Crippen LogP contribution >= 0.6 is 0 Å². The second-order valence-electron chi connectivity index (χ2n) is 8.75. The van der Waals surface area contributed by atoms with E-state index in [-0.39, 0.29) is 24.1 Å². The maximum absolute atomic E-state index is 13.4. The number of halogens is 1. The van der Waals surface area contributed by atoms with Gasteiger partial charge in [0.2, 0.25) is 11.8 Å². The minimum absolute atomic E-state index is 0.0391. The van der Waals surface area contributed by atoms with Crippen LogP contribution in [0.25, 0.3) is 0 Å². The van der Waals surface area contributed by atoms with Crippen molar-refractivity contribution in [3.8, 4) is 0 Å². The van der Waals surface area contributed by atoms with Crippen LogP contribution in [0.2, 0.25) is 0 Å². The van der Waals surface area contributed by atoms with E-state index in [1.54, 1.807) is 18.3 Å². The number of piperazine rings is 1. The molecule has 0 unspecified atom stereocenters. The van der Waals surface area contributed by atoms with Gasteiger partial charge in [-0.25, -0.2) is 9.37 Å². The van der Waals surface area contributed by atoms with Crippen molar-refractivity contribution >= 4 is 17.6 Å². The zero-order chi connectivity index (χ0) is 22.3. The Morgan fingerprint density at radius 1 is 0.969 bits per heavy atom. The number of amides is 2. The summed E-state index contributed by atoms with van der Waals surface area (Å²) in [7, 11) is 0. The van der Waals surface area contributed by atoms with E-state index < -0.39 is 0 Å². The van der Waals surface area contributed by atoms with Crippen LogP contribution in [-0.4, -0.2) is 65.9 Å². The van der Waals surface area contributed by atoms with Crippen LogP contribution in [0.15, 0.2) is 48.7 Å². The van der Waals surface area contributed by atoms with Crippen molar-refractivity contribution in [2.45, 2.75) is 32.1 Å². The van der Waals surface area contributed by atoms with Crippen molar-refractivity contribution in [2.24, 2.45) is 5.92 Å². The van der Waals surface area contributed by atoms with E-state index in [0.29, 0.717) is 24.4 Å². The molecule has 170 valence electrons. The van der Waals surface area contributed by atoms with E-state index in [4.69, 9.17) is 0 Å². The van der Waals surface area contributed by atoms with Crippen molar-refractivity contribution in [2.75, 3.05) is 44.2 Å². The molecule has 32 heavy (non-hydrogen) atoms. The van der Waals surface area contributed by atoms with Crippen LogP contribution < -0.4 is 4.90 Å². The Balaban J connectivity index is 1.21. The molecule has 2 aliphatic heterocycles. The van der Waals surface area contributed by atoms with Gasteiger partial charge in [0.1, 0.15) is 11.6 Å². The number of nitrogens with zero attached hydrogens (tertiary/aromatic N) is 4. The molecule has 0 spiro atoms. The first kappa shape index (κ1) is 22.2. The Labute approximate surface area is 189 Å². The molecule has 7 heteroatoms. The molecule has 0 N–H and O–H groups in total. The van der Waals surface area contributed by atoms with E-state index in [2.05, 4.69) is 9.88 Å². The molecular formula is C25H31FN4O2. The maximum Gasteiger partial charge on any atom is 0.227 e. The summed E-state index contributed by atoms with van der Waals surface area (Å²) in [6, 6.07) is 12.1.